The fourth-order valence-corrected chi connectivity index (χ4v) is 0.368. The summed E-state index contributed by atoms with van der Waals surface area (Å²) in [5.41, 5.74) is 0. The summed E-state index contributed by atoms with van der Waals surface area (Å²) in [6.45, 7) is 0. The number of halogens is 3. The molecule has 0 bridgehead atoms. The molecule has 0 aliphatic heterocycles. The van der Waals surface area contributed by atoms with Crippen LogP contribution >= 0.6 is 0 Å². The predicted octanol–water partition coefficient (Wildman–Crippen LogP) is 0.392. The molecule has 0 saturated carbocycles. The number of aliphatic hydroxyl groups is 1. The van der Waals surface area contributed by atoms with Crippen LogP contribution in [-0.2, 0) is 4.79 Å². The lowest BCUT2D eigenvalue weighted by atomic mass is 10.2. The highest BCUT2D eigenvalue weighted by Gasteiger charge is 2.42. The average molecular weight is 167 g/mol. The number of nitrogens with zero attached hydrogens (tertiary/aromatic N) is 1. The van der Waals surface area contributed by atoms with Gasteiger partial charge in [-0.15, -0.1) is 0 Å². The highest BCUT2D eigenvalue weighted by molar-refractivity contribution is 5.88. The lowest BCUT2D eigenvalue weighted by Gasteiger charge is -2.07. The number of ketones is 1. The second-order valence-corrected chi connectivity index (χ2v) is 1.74. The van der Waals surface area contributed by atoms with Gasteiger partial charge in [-0.25, -0.2) is 0 Å². The smallest absolute Gasteiger partial charge is 0.384 e. The first kappa shape index (κ1) is 9.91. The van der Waals surface area contributed by atoms with E-state index in [1.54, 1.807) is 0 Å². The van der Waals surface area contributed by atoms with Gasteiger partial charge in [0.15, 0.2) is 0 Å². The van der Waals surface area contributed by atoms with Crippen LogP contribution in [0.4, 0.5) is 13.2 Å². The van der Waals surface area contributed by atoms with Crippen molar-refractivity contribution in [2.24, 2.45) is 0 Å². The van der Waals surface area contributed by atoms with Gasteiger partial charge in [-0.1, -0.05) is 0 Å². The first-order valence-electron chi connectivity index (χ1n) is 2.55. The van der Waals surface area contributed by atoms with Gasteiger partial charge >= 0.3 is 6.18 Å². The molecule has 1 unspecified atom stereocenters. The molecule has 0 heterocycles. The Kier molecular flexibility index (Phi) is 3.01. The number of alkyl halides is 3. The summed E-state index contributed by atoms with van der Waals surface area (Å²) in [5, 5.41) is 16.2. The van der Waals surface area contributed by atoms with Crippen LogP contribution in [0, 0.1) is 11.3 Å². The lowest BCUT2D eigenvalue weighted by molar-refractivity contribution is -0.179. The van der Waals surface area contributed by atoms with E-state index in [-0.39, 0.29) is 0 Å². The van der Waals surface area contributed by atoms with E-state index in [0.717, 1.165) is 0 Å². The zero-order valence-electron chi connectivity index (χ0n) is 5.22. The van der Waals surface area contributed by atoms with Gasteiger partial charge in [0.25, 0.3) is 5.78 Å². The maximum absolute atomic E-state index is 11.4. The Morgan fingerprint density at radius 2 is 2.09 bits per heavy atom. The van der Waals surface area contributed by atoms with E-state index in [0.29, 0.717) is 0 Å². The molecule has 0 saturated heterocycles. The molecule has 0 aromatic rings. The molecule has 1 N–H and O–H groups in total. The molecule has 0 aromatic heterocycles. The van der Waals surface area contributed by atoms with Crippen molar-refractivity contribution >= 4 is 5.78 Å². The molecular weight excluding hydrogens is 163 g/mol. The van der Waals surface area contributed by atoms with E-state index in [2.05, 4.69) is 0 Å². The lowest BCUT2D eigenvalue weighted by Crippen LogP contribution is -2.34. The van der Waals surface area contributed by atoms with Crippen LogP contribution in [0.25, 0.3) is 0 Å². The van der Waals surface area contributed by atoms with Crippen LogP contribution in [0.5, 0.6) is 0 Å². The van der Waals surface area contributed by atoms with Crippen LogP contribution < -0.4 is 0 Å². The number of aliphatic hydroxyl groups excluding tert-OH is 1. The van der Waals surface area contributed by atoms with E-state index in [4.69, 9.17) is 10.4 Å². The van der Waals surface area contributed by atoms with Crippen molar-refractivity contribution in [2.75, 3.05) is 0 Å². The topological polar surface area (TPSA) is 61.1 Å². The summed E-state index contributed by atoms with van der Waals surface area (Å²) >= 11 is 0. The second kappa shape index (κ2) is 3.34. The van der Waals surface area contributed by atoms with Crippen molar-refractivity contribution in [3.63, 3.8) is 0 Å². The summed E-state index contributed by atoms with van der Waals surface area (Å²) in [4.78, 5) is 10.0. The Hall–Kier alpha value is -1.09. The summed E-state index contributed by atoms with van der Waals surface area (Å²) in [5.74, 6) is -2.28. The number of Topliss-reactive ketones (excluding diaryl/α,β-unsaturated/α-hetero) is 1. The second-order valence-electron chi connectivity index (χ2n) is 1.74. The van der Waals surface area contributed by atoms with Crippen molar-refractivity contribution < 1.29 is 23.1 Å². The van der Waals surface area contributed by atoms with Crippen LogP contribution in [0.2, 0.25) is 0 Å². The molecule has 3 nitrogen and oxygen atoms in total. The number of carbonyl (C=O) groups is 1. The Morgan fingerprint density at radius 1 is 1.64 bits per heavy atom. The van der Waals surface area contributed by atoms with Gasteiger partial charge in [0, 0.05) is 0 Å². The Balaban J connectivity index is 4.17. The fourth-order valence-electron chi connectivity index (χ4n) is 0.368. The minimum absolute atomic E-state index is 0.835. The molecule has 0 aliphatic rings. The third-order valence-electron chi connectivity index (χ3n) is 0.867. The summed E-state index contributed by atoms with van der Waals surface area (Å²) in [6.07, 6.45) is -8.14. The predicted molar refractivity (Wildman–Crippen MR) is 27.3 cm³/mol. The maximum Gasteiger partial charge on any atom is 0.452 e. The van der Waals surface area contributed by atoms with Crippen LogP contribution in [0.3, 0.4) is 0 Å². The van der Waals surface area contributed by atoms with Gasteiger partial charge in [-0.05, 0) is 0 Å². The molecule has 1 atom stereocenters. The van der Waals surface area contributed by atoms with E-state index in [1.165, 1.54) is 6.07 Å². The number of hydrogen-bond acceptors (Lipinski definition) is 3. The van der Waals surface area contributed by atoms with E-state index in [1.807, 2.05) is 0 Å². The first-order chi connectivity index (χ1) is 4.89. The fraction of sp³-hybridized carbons (Fsp3) is 0.600. The highest BCUT2D eigenvalue weighted by Crippen LogP contribution is 2.18. The zero-order valence-corrected chi connectivity index (χ0v) is 5.22. The third-order valence-corrected chi connectivity index (χ3v) is 0.867. The van der Waals surface area contributed by atoms with Crippen molar-refractivity contribution in [3.05, 3.63) is 0 Å². The SMILES string of the molecule is N#CCC(O)C(=O)C(F)(F)F. The zero-order chi connectivity index (χ0) is 9.07. The van der Waals surface area contributed by atoms with Gasteiger partial charge in [0.1, 0.15) is 6.10 Å². The summed E-state index contributed by atoms with van der Waals surface area (Å²) in [7, 11) is 0. The monoisotopic (exact) mass is 167 g/mol. The molecule has 62 valence electrons. The standard InChI is InChI=1S/C5H4F3NO2/c6-5(7,8)4(11)3(10)1-2-9/h3,10H,1H2. The molecule has 0 radical (unpaired) electrons. The van der Waals surface area contributed by atoms with Crippen molar-refractivity contribution in [1.82, 2.24) is 0 Å². The van der Waals surface area contributed by atoms with Gasteiger partial charge in [-0.2, -0.15) is 18.4 Å². The normalized spacial score (nSPS) is 13.7. The van der Waals surface area contributed by atoms with Gasteiger partial charge in [0.05, 0.1) is 12.5 Å². The average Bonchev–Trinajstić information content (AvgIpc) is 1.85. The molecule has 0 spiro atoms. The Labute approximate surface area is 60.0 Å². The molecule has 0 rings (SSSR count). The molecule has 0 aromatic carbocycles. The first-order valence-corrected chi connectivity index (χ1v) is 2.55. The quantitative estimate of drug-likeness (QED) is 0.647. The number of nitriles is 1. The number of hydrogen-bond donors (Lipinski definition) is 1. The molecule has 6 heteroatoms. The maximum atomic E-state index is 11.4. The van der Waals surface area contributed by atoms with Crippen molar-refractivity contribution in [2.45, 2.75) is 18.7 Å². The van der Waals surface area contributed by atoms with E-state index < -0.39 is 24.5 Å². The summed E-state index contributed by atoms with van der Waals surface area (Å²) in [6, 6.07) is 1.25. The summed E-state index contributed by atoms with van der Waals surface area (Å²) < 4.78 is 34.2. The van der Waals surface area contributed by atoms with Crippen molar-refractivity contribution in [1.29, 1.82) is 5.26 Å². The Morgan fingerprint density at radius 3 is 2.36 bits per heavy atom. The van der Waals surface area contributed by atoms with Crippen molar-refractivity contribution in [3.8, 4) is 6.07 Å². The molecule has 0 aliphatic carbocycles. The number of rotatable bonds is 2. The van der Waals surface area contributed by atoms with Crippen LogP contribution in [0.15, 0.2) is 0 Å². The molecule has 11 heavy (non-hydrogen) atoms. The van der Waals surface area contributed by atoms with Gasteiger partial charge in [-0.3, -0.25) is 4.79 Å². The highest BCUT2D eigenvalue weighted by atomic mass is 19.4. The van der Waals surface area contributed by atoms with Crippen LogP contribution in [0.1, 0.15) is 6.42 Å². The molecule has 0 amide bonds. The molecular formula is C5H4F3NO2. The van der Waals surface area contributed by atoms with Crippen LogP contribution in [-0.4, -0.2) is 23.2 Å². The minimum Gasteiger partial charge on any atom is -0.384 e. The van der Waals surface area contributed by atoms with Gasteiger partial charge < -0.3 is 5.11 Å². The largest absolute Gasteiger partial charge is 0.452 e. The Bertz CT molecular complexity index is 193. The van der Waals surface area contributed by atoms with Gasteiger partial charge in [0.2, 0.25) is 0 Å². The third kappa shape index (κ3) is 3.00. The van der Waals surface area contributed by atoms with E-state index >= 15 is 0 Å². The minimum atomic E-state index is -5.06. The molecule has 0 fully saturated rings. The van der Waals surface area contributed by atoms with E-state index in [9.17, 15) is 18.0 Å². The number of carbonyl (C=O) groups excluding carboxylic acids is 1.